The third-order valence-corrected chi connectivity index (χ3v) is 6.70. The van der Waals surface area contributed by atoms with Crippen molar-refractivity contribution in [2.75, 3.05) is 37.6 Å². The van der Waals surface area contributed by atoms with Crippen LogP contribution in [-0.2, 0) is 16.4 Å². The zero-order valence-corrected chi connectivity index (χ0v) is 16.9. The van der Waals surface area contributed by atoms with Gasteiger partial charge >= 0.3 is 0 Å². The van der Waals surface area contributed by atoms with Crippen molar-refractivity contribution in [3.63, 3.8) is 0 Å². The summed E-state index contributed by atoms with van der Waals surface area (Å²) in [6.07, 6.45) is 0.552. The van der Waals surface area contributed by atoms with Crippen molar-refractivity contribution >= 4 is 26.5 Å². The molecule has 2 N–H and O–H groups in total. The summed E-state index contributed by atoms with van der Waals surface area (Å²) in [6.45, 7) is 4.12. The van der Waals surface area contributed by atoms with E-state index in [1.807, 2.05) is 12.1 Å². The Hall–Kier alpha value is -2.48. The van der Waals surface area contributed by atoms with Crippen molar-refractivity contribution in [3.05, 3.63) is 72.0 Å². The van der Waals surface area contributed by atoms with Crippen LogP contribution >= 0.6 is 0 Å². The standard InChI is InChI=1S/C22H24FN3O2S/c23-18-4-3-5-19(16-18)29(27,28)25-11-10-17-8-9-22(26-14-12-24-13-15-26)21-7-2-1-6-20(17)21/h1-9,16,24-25H,10-15H2. The van der Waals surface area contributed by atoms with Crippen molar-refractivity contribution in [2.24, 2.45) is 0 Å². The summed E-state index contributed by atoms with van der Waals surface area (Å²) in [6, 6.07) is 17.5. The predicted molar refractivity (Wildman–Crippen MR) is 114 cm³/mol. The maximum atomic E-state index is 13.4. The molecule has 1 aliphatic rings. The van der Waals surface area contributed by atoms with Crippen LogP contribution in [0.4, 0.5) is 10.1 Å². The van der Waals surface area contributed by atoms with Gasteiger partial charge in [-0.1, -0.05) is 36.4 Å². The lowest BCUT2D eigenvalue weighted by molar-refractivity contribution is 0.577. The average Bonchev–Trinajstić information content (AvgIpc) is 2.74. The highest BCUT2D eigenvalue weighted by Crippen LogP contribution is 2.30. The highest BCUT2D eigenvalue weighted by molar-refractivity contribution is 7.89. The number of benzene rings is 3. The van der Waals surface area contributed by atoms with Gasteiger partial charge in [-0.3, -0.25) is 0 Å². The molecule has 3 aromatic carbocycles. The second-order valence-electron chi connectivity index (χ2n) is 7.13. The number of nitrogens with zero attached hydrogens (tertiary/aromatic N) is 1. The van der Waals surface area contributed by atoms with Gasteiger partial charge in [0.25, 0.3) is 0 Å². The van der Waals surface area contributed by atoms with Gasteiger partial charge in [-0.15, -0.1) is 0 Å². The van der Waals surface area contributed by atoms with Gasteiger partial charge in [-0.2, -0.15) is 0 Å². The van der Waals surface area contributed by atoms with E-state index < -0.39 is 15.8 Å². The van der Waals surface area contributed by atoms with Crippen LogP contribution in [0.25, 0.3) is 10.8 Å². The number of hydrogen-bond acceptors (Lipinski definition) is 4. The van der Waals surface area contributed by atoms with Crippen molar-refractivity contribution in [2.45, 2.75) is 11.3 Å². The molecule has 0 aromatic heterocycles. The maximum absolute atomic E-state index is 13.4. The molecule has 152 valence electrons. The Morgan fingerprint density at radius 1 is 0.966 bits per heavy atom. The monoisotopic (exact) mass is 413 g/mol. The molecule has 1 fully saturated rings. The van der Waals surface area contributed by atoms with E-state index in [4.69, 9.17) is 0 Å². The molecule has 0 spiro atoms. The van der Waals surface area contributed by atoms with E-state index in [2.05, 4.69) is 39.2 Å². The summed E-state index contributed by atoms with van der Waals surface area (Å²) in [5, 5.41) is 5.69. The largest absolute Gasteiger partial charge is 0.368 e. The zero-order valence-electron chi connectivity index (χ0n) is 16.1. The van der Waals surface area contributed by atoms with Gasteiger partial charge in [0.15, 0.2) is 0 Å². The first-order valence-corrected chi connectivity index (χ1v) is 11.2. The summed E-state index contributed by atoms with van der Waals surface area (Å²) >= 11 is 0. The van der Waals surface area contributed by atoms with Crippen LogP contribution < -0.4 is 14.9 Å². The molecule has 0 radical (unpaired) electrons. The molecule has 0 bridgehead atoms. The van der Waals surface area contributed by atoms with Gasteiger partial charge in [0.05, 0.1) is 4.90 Å². The quantitative estimate of drug-likeness (QED) is 0.652. The lowest BCUT2D eigenvalue weighted by atomic mass is 10.00. The molecule has 1 saturated heterocycles. The van der Waals surface area contributed by atoms with E-state index in [0.717, 1.165) is 43.2 Å². The SMILES string of the molecule is O=S(=O)(NCCc1ccc(N2CCNCC2)c2ccccc12)c1cccc(F)c1. The second-order valence-corrected chi connectivity index (χ2v) is 8.90. The first kappa shape index (κ1) is 19.8. The molecule has 4 rings (SSSR count). The fourth-order valence-electron chi connectivity index (χ4n) is 3.78. The van der Waals surface area contributed by atoms with Crippen molar-refractivity contribution < 1.29 is 12.8 Å². The third kappa shape index (κ3) is 4.42. The van der Waals surface area contributed by atoms with Crippen LogP contribution in [0, 0.1) is 5.82 Å². The lowest BCUT2D eigenvalue weighted by Gasteiger charge is -2.30. The minimum Gasteiger partial charge on any atom is -0.368 e. The Kier molecular flexibility index (Phi) is 5.80. The Morgan fingerprint density at radius 2 is 1.72 bits per heavy atom. The number of nitrogens with one attached hydrogen (secondary N) is 2. The highest BCUT2D eigenvalue weighted by atomic mass is 32.2. The Balaban J connectivity index is 1.53. The summed E-state index contributed by atoms with van der Waals surface area (Å²) in [5.41, 5.74) is 2.30. The third-order valence-electron chi connectivity index (χ3n) is 5.24. The zero-order chi connectivity index (χ0) is 20.3. The van der Waals surface area contributed by atoms with Crippen LogP contribution in [0.2, 0.25) is 0 Å². The maximum Gasteiger partial charge on any atom is 0.240 e. The molecule has 0 saturated carbocycles. The number of fused-ring (bicyclic) bond motifs is 1. The molecule has 0 amide bonds. The summed E-state index contributed by atoms with van der Waals surface area (Å²) < 4.78 is 40.7. The number of rotatable bonds is 6. The molecule has 0 unspecified atom stereocenters. The normalized spacial score (nSPS) is 15.0. The van der Waals surface area contributed by atoms with Crippen LogP contribution in [-0.4, -0.2) is 41.1 Å². The van der Waals surface area contributed by atoms with E-state index in [1.54, 1.807) is 0 Å². The number of hydrogen-bond donors (Lipinski definition) is 2. The molecule has 1 aliphatic heterocycles. The smallest absolute Gasteiger partial charge is 0.240 e. The number of piperazine rings is 1. The Labute approximate surface area is 170 Å². The van der Waals surface area contributed by atoms with E-state index in [0.29, 0.717) is 6.42 Å². The summed E-state index contributed by atoms with van der Waals surface area (Å²) in [4.78, 5) is 2.33. The van der Waals surface area contributed by atoms with Gasteiger partial charge in [0, 0.05) is 43.8 Å². The molecular formula is C22H24FN3O2S. The molecule has 5 nitrogen and oxygen atoms in total. The Morgan fingerprint density at radius 3 is 2.48 bits per heavy atom. The first-order chi connectivity index (χ1) is 14.0. The topological polar surface area (TPSA) is 61.4 Å². The second kappa shape index (κ2) is 8.49. The van der Waals surface area contributed by atoms with Crippen LogP contribution in [0.5, 0.6) is 0 Å². The van der Waals surface area contributed by atoms with E-state index in [9.17, 15) is 12.8 Å². The predicted octanol–water partition coefficient (Wildman–Crippen LogP) is 2.91. The molecular weight excluding hydrogens is 389 g/mol. The Bertz CT molecular complexity index is 1110. The van der Waals surface area contributed by atoms with Crippen molar-refractivity contribution in [1.82, 2.24) is 10.0 Å². The van der Waals surface area contributed by atoms with Gasteiger partial charge in [-0.05, 0) is 41.6 Å². The van der Waals surface area contributed by atoms with Crippen molar-refractivity contribution in [3.8, 4) is 0 Å². The van der Waals surface area contributed by atoms with Gasteiger partial charge < -0.3 is 10.2 Å². The number of anilines is 1. The fourth-order valence-corrected chi connectivity index (χ4v) is 4.85. The van der Waals surface area contributed by atoms with Crippen LogP contribution in [0.15, 0.2) is 65.6 Å². The van der Waals surface area contributed by atoms with Crippen LogP contribution in [0.3, 0.4) is 0 Å². The minimum absolute atomic E-state index is 0.0589. The summed E-state index contributed by atoms with van der Waals surface area (Å²) in [5.74, 6) is -0.567. The van der Waals surface area contributed by atoms with Gasteiger partial charge in [-0.25, -0.2) is 17.5 Å². The fraction of sp³-hybridized carbons (Fsp3) is 0.273. The van der Waals surface area contributed by atoms with E-state index in [1.165, 1.54) is 29.3 Å². The molecule has 0 aliphatic carbocycles. The first-order valence-electron chi connectivity index (χ1n) is 9.76. The summed E-state index contributed by atoms with van der Waals surface area (Å²) in [7, 11) is -3.74. The number of sulfonamides is 1. The molecule has 0 atom stereocenters. The van der Waals surface area contributed by atoms with Gasteiger partial charge in [0.2, 0.25) is 10.0 Å². The molecule has 1 heterocycles. The van der Waals surface area contributed by atoms with Crippen LogP contribution in [0.1, 0.15) is 5.56 Å². The molecule has 29 heavy (non-hydrogen) atoms. The van der Waals surface area contributed by atoms with Crippen molar-refractivity contribution in [1.29, 1.82) is 0 Å². The average molecular weight is 414 g/mol. The lowest BCUT2D eigenvalue weighted by Crippen LogP contribution is -2.43. The molecule has 7 heteroatoms. The molecule has 3 aromatic rings. The highest BCUT2D eigenvalue weighted by Gasteiger charge is 2.16. The van der Waals surface area contributed by atoms with E-state index in [-0.39, 0.29) is 11.4 Å². The van der Waals surface area contributed by atoms with E-state index >= 15 is 0 Å². The minimum atomic E-state index is -3.74. The van der Waals surface area contributed by atoms with Gasteiger partial charge in [0.1, 0.15) is 5.82 Å². The number of halogens is 1.